The number of benzene rings is 1. The van der Waals surface area contributed by atoms with E-state index in [0.29, 0.717) is 16.6 Å². The number of hydroxylamine groups is 1. The van der Waals surface area contributed by atoms with Gasteiger partial charge in [-0.1, -0.05) is 6.07 Å². The van der Waals surface area contributed by atoms with Crippen molar-refractivity contribution in [3.8, 4) is 5.75 Å². The Balaban J connectivity index is 3.12. The van der Waals surface area contributed by atoms with Gasteiger partial charge in [-0.3, -0.25) is 0 Å². The van der Waals surface area contributed by atoms with Gasteiger partial charge in [0.1, 0.15) is 0 Å². The maximum absolute atomic E-state index is 13.8. The average Bonchev–Trinajstić information content (AvgIpc) is 2.22. The third-order valence-corrected chi connectivity index (χ3v) is 3.01. The van der Waals surface area contributed by atoms with E-state index in [1.54, 1.807) is 6.07 Å². The van der Waals surface area contributed by atoms with Crippen LogP contribution in [0.4, 0.5) is 4.39 Å². The van der Waals surface area contributed by atoms with Gasteiger partial charge in [0.05, 0.1) is 18.7 Å². The van der Waals surface area contributed by atoms with Crippen molar-refractivity contribution in [2.24, 2.45) is 0 Å². The van der Waals surface area contributed by atoms with Crippen molar-refractivity contribution in [1.29, 1.82) is 0 Å². The van der Waals surface area contributed by atoms with Gasteiger partial charge < -0.3 is 9.57 Å². The first-order valence-corrected chi connectivity index (χ1v) is 5.18. The Morgan fingerprint density at radius 2 is 2.13 bits per heavy atom. The molecule has 0 heterocycles. The van der Waals surface area contributed by atoms with Gasteiger partial charge in [0, 0.05) is 12.1 Å². The molecule has 0 amide bonds. The van der Waals surface area contributed by atoms with E-state index < -0.39 is 0 Å². The van der Waals surface area contributed by atoms with Crippen LogP contribution in [-0.4, -0.2) is 14.2 Å². The minimum Gasteiger partial charge on any atom is -0.492 e. The molecule has 1 N–H and O–H groups in total. The van der Waals surface area contributed by atoms with Crippen LogP contribution >= 0.6 is 15.9 Å². The molecule has 0 fully saturated rings. The lowest BCUT2D eigenvalue weighted by Crippen LogP contribution is -2.13. The van der Waals surface area contributed by atoms with Crippen LogP contribution in [0.15, 0.2) is 10.5 Å². The van der Waals surface area contributed by atoms with Crippen molar-refractivity contribution in [1.82, 2.24) is 5.48 Å². The van der Waals surface area contributed by atoms with E-state index in [1.807, 2.05) is 6.92 Å². The molecule has 1 aromatic carbocycles. The molecule has 0 saturated heterocycles. The molecule has 3 nitrogen and oxygen atoms in total. The number of aryl methyl sites for hydroxylation is 1. The molecule has 1 rings (SSSR count). The number of hydrogen-bond acceptors (Lipinski definition) is 3. The summed E-state index contributed by atoms with van der Waals surface area (Å²) in [5, 5.41) is 0. The summed E-state index contributed by atoms with van der Waals surface area (Å²) in [6, 6.07) is 1.74. The van der Waals surface area contributed by atoms with Crippen molar-refractivity contribution in [2.45, 2.75) is 13.5 Å². The van der Waals surface area contributed by atoms with E-state index in [9.17, 15) is 4.39 Å². The minimum absolute atomic E-state index is 0.225. The molecular weight excluding hydrogens is 265 g/mol. The lowest BCUT2D eigenvalue weighted by Gasteiger charge is -2.12. The Kier molecular flexibility index (Phi) is 4.50. The zero-order chi connectivity index (χ0) is 11.4. The quantitative estimate of drug-likeness (QED) is 0.859. The molecule has 0 aliphatic heterocycles. The number of halogens is 2. The first kappa shape index (κ1) is 12.4. The van der Waals surface area contributed by atoms with Gasteiger partial charge >= 0.3 is 0 Å². The maximum atomic E-state index is 13.8. The highest BCUT2D eigenvalue weighted by Gasteiger charge is 2.15. The average molecular weight is 278 g/mol. The van der Waals surface area contributed by atoms with Gasteiger partial charge in [-0.2, -0.15) is 5.48 Å². The fraction of sp³-hybridized carbons (Fsp3) is 0.400. The molecule has 0 saturated carbocycles. The molecule has 0 unspecified atom stereocenters. The molecule has 0 spiro atoms. The van der Waals surface area contributed by atoms with Crippen molar-refractivity contribution in [3.05, 3.63) is 27.5 Å². The van der Waals surface area contributed by atoms with Crippen molar-refractivity contribution >= 4 is 15.9 Å². The Bertz CT molecular complexity index is 358. The Morgan fingerprint density at radius 3 is 2.67 bits per heavy atom. The van der Waals surface area contributed by atoms with Crippen LogP contribution in [-0.2, 0) is 11.4 Å². The Morgan fingerprint density at radius 1 is 1.47 bits per heavy atom. The monoisotopic (exact) mass is 277 g/mol. The minimum atomic E-state index is -0.375. The van der Waals surface area contributed by atoms with E-state index in [0.717, 1.165) is 5.56 Å². The molecule has 0 atom stereocenters. The zero-order valence-electron chi connectivity index (χ0n) is 8.86. The number of rotatable bonds is 4. The summed E-state index contributed by atoms with van der Waals surface area (Å²) >= 11 is 3.28. The van der Waals surface area contributed by atoms with Crippen LogP contribution in [0.25, 0.3) is 0 Å². The van der Waals surface area contributed by atoms with Gasteiger partial charge in [0.15, 0.2) is 11.6 Å². The molecule has 15 heavy (non-hydrogen) atoms. The second-order valence-electron chi connectivity index (χ2n) is 3.04. The largest absolute Gasteiger partial charge is 0.492 e. The van der Waals surface area contributed by atoms with Gasteiger partial charge in [0.2, 0.25) is 0 Å². The molecule has 5 heteroatoms. The Hall–Kier alpha value is -0.650. The van der Waals surface area contributed by atoms with Crippen LogP contribution < -0.4 is 10.2 Å². The molecule has 0 bridgehead atoms. The summed E-state index contributed by atoms with van der Waals surface area (Å²) < 4.78 is 19.4. The van der Waals surface area contributed by atoms with E-state index in [2.05, 4.69) is 26.2 Å². The molecule has 0 radical (unpaired) electrons. The highest BCUT2D eigenvalue weighted by molar-refractivity contribution is 9.10. The van der Waals surface area contributed by atoms with Crippen LogP contribution in [0.1, 0.15) is 11.1 Å². The third kappa shape index (κ3) is 2.68. The fourth-order valence-corrected chi connectivity index (χ4v) is 1.72. The smallest absolute Gasteiger partial charge is 0.170 e. The summed E-state index contributed by atoms with van der Waals surface area (Å²) in [7, 11) is 2.93. The highest BCUT2D eigenvalue weighted by Crippen LogP contribution is 2.33. The first-order valence-electron chi connectivity index (χ1n) is 4.39. The maximum Gasteiger partial charge on any atom is 0.170 e. The van der Waals surface area contributed by atoms with Gasteiger partial charge in [-0.05, 0) is 28.4 Å². The topological polar surface area (TPSA) is 30.5 Å². The van der Waals surface area contributed by atoms with Crippen molar-refractivity contribution in [3.63, 3.8) is 0 Å². The molecular formula is C10H13BrFNO2. The lowest BCUT2D eigenvalue weighted by molar-refractivity contribution is 0.0858. The summed E-state index contributed by atoms with van der Waals surface area (Å²) in [5.41, 5.74) is 4.02. The number of methoxy groups -OCH3 is 1. The SMILES string of the molecule is CONCc1cc(C)c(Br)c(OC)c1F. The van der Waals surface area contributed by atoms with E-state index in [-0.39, 0.29) is 11.6 Å². The fourth-order valence-electron chi connectivity index (χ4n) is 1.27. The summed E-state index contributed by atoms with van der Waals surface area (Å²) in [5.74, 6) is -0.151. The van der Waals surface area contributed by atoms with Crippen LogP contribution in [0.5, 0.6) is 5.75 Å². The predicted molar refractivity (Wildman–Crippen MR) is 59.2 cm³/mol. The molecule has 0 aliphatic rings. The van der Waals surface area contributed by atoms with E-state index >= 15 is 0 Å². The van der Waals surface area contributed by atoms with E-state index in [1.165, 1.54) is 14.2 Å². The molecule has 0 aliphatic carbocycles. The van der Waals surface area contributed by atoms with Crippen molar-refractivity contribution in [2.75, 3.05) is 14.2 Å². The highest BCUT2D eigenvalue weighted by atomic mass is 79.9. The summed E-state index contributed by atoms with van der Waals surface area (Å²) in [6.07, 6.45) is 0. The number of ether oxygens (including phenoxy) is 1. The Labute approximate surface area is 96.7 Å². The zero-order valence-corrected chi connectivity index (χ0v) is 10.4. The van der Waals surface area contributed by atoms with Crippen molar-refractivity contribution < 1.29 is 14.0 Å². The molecule has 1 aromatic rings. The predicted octanol–water partition coefficient (Wildman–Crippen LogP) is 2.56. The van der Waals surface area contributed by atoms with Gasteiger partial charge in [-0.15, -0.1) is 0 Å². The van der Waals surface area contributed by atoms with Crippen LogP contribution in [0.3, 0.4) is 0 Å². The van der Waals surface area contributed by atoms with Crippen LogP contribution in [0.2, 0.25) is 0 Å². The number of nitrogens with one attached hydrogen (secondary N) is 1. The first-order chi connectivity index (χ1) is 7.11. The van der Waals surface area contributed by atoms with Gasteiger partial charge in [0.25, 0.3) is 0 Å². The van der Waals surface area contributed by atoms with Gasteiger partial charge in [-0.25, -0.2) is 4.39 Å². The molecule has 84 valence electrons. The van der Waals surface area contributed by atoms with E-state index in [4.69, 9.17) is 4.74 Å². The summed E-state index contributed by atoms with van der Waals surface area (Å²) in [6.45, 7) is 2.18. The summed E-state index contributed by atoms with van der Waals surface area (Å²) in [4.78, 5) is 4.68. The molecule has 0 aromatic heterocycles. The third-order valence-electron chi connectivity index (χ3n) is 2.03. The number of hydrogen-bond donors (Lipinski definition) is 1. The normalized spacial score (nSPS) is 10.5. The van der Waals surface area contributed by atoms with Crippen LogP contribution in [0, 0.1) is 12.7 Å². The standard InChI is InChI=1S/C10H13BrFNO2/c1-6-4-7(5-13-15-3)9(12)10(14-2)8(6)11/h4,13H,5H2,1-3H3. The second kappa shape index (κ2) is 5.44. The lowest BCUT2D eigenvalue weighted by atomic mass is 10.1. The second-order valence-corrected chi connectivity index (χ2v) is 3.83.